The zero-order chi connectivity index (χ0) is 15.5. The Morgan fingerprint density at radius 1 is 1.43 bits per heavy atom. The van der Waals surface area contributed by atoms with E-state index in [2.05, 4.69) is 5.32 Å². The van der Waals surface area contributed by atoms with Crippen LogP contribution in [0.3, 0.4) is 0 Å². The molecule has 116 valence electrons. The molecule has 1 aliphatic rings. The normalized spacial score (nSPS) is 17.3. The van der Waals surface area contributed by atoms with E-state index in [1.165, 1.54) is 0 Å². The van der Waals surface area contributed by atoms with Crippen molar-refractivity contribution in [2.75, 3.05) is 39.2 Å². The molecular formula is C16H24N2O3. The second-order valence-electron chi connectivity index (χ2n) is 5.80. The van der Waals surface area contributed by atoms with E-state index >= 15 is 0 Å². The number of likely N-dealkylation sites (N-methyl/N-ethyl adjacent to an activating group) is 1. The molecule has 1 aromatic rings. The molecule has 1 saturated heterocycles. The van der Waals surface area contributed by atoms with Gasteiger partial charge in [0, 0.05) is 52.4 Å². The number of nitrogens with one attached hydrogen (secondary N) is 1. The van der Waals surface area contributed by atoms with Crippen LogP contribution in [-0.4, -0.2) is 55.4 Å². The number of amides is 1. The number of rotatable bonds is 4. The molecule has 1 aliphatic heterocycles. The van der Waals surface area contributed by atoms with Crippen molar-refractivity contribution in [1.82, 2.24) is 4.90 Å². The molecule has 0 atom stereocenters. The second kappa shape index (κ2) is 6.45. The molecule has 0 unspecified atom stereocenters. The number of benzene rings is 1. The van der Waals surface area contributed by atoms with Crippen molar-refractivity contribution in [3.05, 3.63) is 29.3 Å². The van der Waals surface area contributed by atoms with Gasteiger partial charge in [0.2, 0.25) is 0 Å². The average Bonchev–Trinajstić information content (AvgIpc) is 2.46. The summed E-state index contributed by atoms with van der Waals surface area (Å²) in [7, 11) is 3.53. The lowest BCUT2D eigenvalue weighted by Crippen LogP contribution is -2.47. The van der Waals surface area contributed by atoms with Crippen molar-refractivity contribution >= 4 is 11.6 Å². The smallest absolute Gasteiger partial charge is 0.255 e. The van der Waals surface area contributed by atoms with Crippen LogP contribution in [0.4, 0.5) is 5.69 Å². The Balaban J connectivity index is 2.12. The third-order valence-corrected chi connectivity index (χ3v) is 3.98. The molecule has 1 amide bonds. The van der Waals surface area contributed by atoms with Crippen LogP contribution in [0.5, 0.6) is 0 Å². The van der Waals surface area contributed by atoms with Gasteiger partial charge in [0.05, 0.1) is 11.2 Å². The Morgan fingerprint density at radius 2 is 2.10 bits per heavy atom. The number of hydrogen-bond acceptors (Lipinski definition) is 4. The lowest BCUT2D eigenvalue weighted by atomic mass is 9.93. The molecule has 2 rings (SSSR count). The molecule has 21 heavy (non-hydrogen) atoms. The molecule has 2 N–H and O–H groups in total. The fraction of sp³-hybridized carbons (Fsp3) is 0.562. The van der Waals surface area contributed by atoms with Crippen molar-refractivity contribution in [1.29, 1.82) is 0 Å². The maximum Gasteiger partial charge on any atom is 0.255 e. The van der Waals surface area contributed by atoms with Crippen molar-refractivity contribution in [3.8, 4) is 0 Å². The number of carbonyl (C=O) groups excluding carboxylic acids is 1. The van der Waals surface area contributed by atoms with Crippen LogP contribution in [0.15, 0.2) is 18.2 Å². The molecule has 1 aromatic carbocycles. The molecule has 0 radical (unpaired) electrons. The predicted molar refractivity (Wildman–Crippen MR) is 82.7 cm³/mol. The highest BCUT2D eigenvalue weighted by Crippen LogP contribution is 2.24. The lowest BCUT2D eigenvalue weighted by Gasteiger charge is -2.35. The van der Waals surface area contributed by atoms with E-state index in [1.54, 1.807) is 19.0 Å². The van der Waals surface area contributed by atoms with Crippen LogP contribution in [0.2, 0.25) is 0 Å². The van der Waals surface area contributed by atoms with Crippen LogP contribution in [-0.2, 0) is 4.74 Å². The molecule has 0 saturated carbocycles. The lowest BCUT2D eigenvalue weighted by molar-refractivity contribution is -0.0734. The summed E-state index contributed by atoms with van der Waals surface area (Å²) in [5.41, 5.74) is 1.70. The molecule has 5 nitrogen and oxygen atoms in total. The van der Waals surface area contributed by atoms with Crippen LogP contribution < -0.4 is 5.32 Å². The van der Waals surface area contributed by atoms with Crippen molar-refractivity contribution in [3.63, 3.8) is 0 Å². The maximum atomic E-state index is 12.6. The topological polar surface area (TPSA) is 61.8 Å². The van der Waals surface area contributed by atoms with Gasteiger partial charge in [0.15, 0.2) is 0 Å². The first-order chi connectivity index (χ1) is 9.95. The number of anilines is 1. The quantitative estimate of drug-likeness (QED) is 0.886. The maximum absolute atomic E-state index is 12.6. The minimum absolute atomic E-state index is 0.0840. The zero-order valence-corrected chi connectivity index (χ0v) is 13.0. The number of aliphatic hydroxyl groups is 1. The molecule has 0 bridgehead atoms. The van der Waals surface area contributed by atoms with E-state index in [0.29, 0.717) is 38.2 Å². The first-order valence-electron chi connectivity index (χ1n) is 7.29. The van der Waals surface area contributed by atoms with Gasteiger partial charge in [-0.2, -0.15) is 0 Å². The zero-order valence-electron chi connectivity index (χ0n) is 13.0. The number of nitrogens with zero attached hydrogens (tertiary/aromatic N) is 1. The van der Waals surface area contributed by atoms with E-state index < -0.39 is 5.60 Å². The molecule has 0 aliphatic carbocycles. The van der Waals surface area contributed by atoms with Gasteiger partial charge >= 0.3 is 0 Å². The standard InChI is InChI=1S/C16H24N2O3/c1-12-4-5-13(14(10-12)17-2)15(19)18(3)11-16(20)6-8-21-9-7-16/h4-5,10,17,20H,6-9,11H2,1-3H3. The highest BCUT2D eigenvalue weighted by molar-refractivity contribution is 5.99. The minimum Gasteiger partial charge on any atom is -0.388 e. The van der Waals surface area contributed by atoms with E-state index in [4.69, 9.17) is 4.74 Å². The van der Waals surface area contributed by atoms with Crippen molar-refractivity contribution in [2.24, 2.45) is 0 Å². The van der Waals surface area contributed by atoms with E-state index in [-0.39, 0.29) is 5.91 Å². The van der Waals surface area contributed by atoms with Crippen molar-refractivity contribution in [2.45, 2.75) is 25.4 Å². The van der Waals surface area contributed by atoms with Gasteiger partial charge in [0.1, 0.15) is 0 Å². The summed E-state index contributed by atoms with van der Waals surface area (Å²) < 4.78 is 5.27. The van der Waals surface area contributed by atoms with Crippen LogP contribution in [0.25, 0.3) is 0 Å². The average molecular weight is 292 g/mol. The third-order valence-electron chi connectivity index (χ3n) is 3.98. The Bertz CT molecular complexity index is 510. The first-order valence-corrected chi connectivity index (χ1v) is 7.29. The van der Waals surface area contributed by atoms with E-state index in [0.717, 1.165) is 11.3 Å². The highest BCUT2D eigenvalue weighted by atomic mass is 16.5. The van der Waals surface area contributed by atoms with Crippen LogP contribution in [0, 0.1) is 6.92 Å². The largest absolute Gasteiger partial charge is 0.388 e. The van der Waals surface area contributed by atoms with Crippen LogP contribution >= 0.6 is 0 Å². The summed E-state index contributed by atoms with van der Waals surface area (Å²) in [6, 6.07) is 5.70. The Hall–Kier alpha value is -1.59. The second-order valence-corrected chi connectivity index (χ2v) is 5.80. The number of aryl methyl sites for hydroxylation is 1. The van der Waals surface area contributed by atoms with Crippen LogP contribution in [0.1, 0.15) is 28.8 Å². The first kappa shape index (κ1) is 15.8. The minimum atomic E-state index is -0.840. The van der Waals surface area contributed by atoms with Gasteiger partial charge in [-0.1, -0.05) is 6.07 Å². The summed E-state index contributed by atoms with van der Waals surface area (Å²) in [4.78, 5) is 14.2. The summed E-state index contributed by atoms with van der Waals surface area (Å²) in [6.45, 7) is 3.41. The Kier molecular flexibility index (Phi) is 4.85. The van der Waals surface area contributed by atoms with E-state index in [1.807, 2.05) is 25.1 Å². The molecule has 1 heterocycles. The van der Waals surface area contributed by atoms with Gasteiger partial charge in [-0.15, -0.1) is 0 Å². The third kappa shape index (κ3) is 3.74. The fourth-order valence-corrected chi connectivity index (χ4v) is 2.68. The fourth-order valence-electron chi connectivity index (χ4n) is 2.68. The van der Waals surface area contributed by atoms with Gasteiger partial charge in [0.25, 0.3) is 5.91 Å². The predicted octanol–water partition coefficient (Wildman–Crippen LogP) is 1.65. The molecule has 5 heteroatoms. The summed E-state index contributed by atoms with van der Waals surface area (Å²) in [5.74, 6) is -0.0840. The highest BCUT2D eigenvalue weighted by Gasteiger charge is 2.32. The molecular weight excluding hydrogens is 268 g/mol. The molecule has 0 aromatic heterocycles. The SMILES string of the molecule is CNc1cc(C)ccc1C(=O)N(C)CC1(O)CCOCC1. The molecule has 0 spiro atoms. The van der Waals surface area contributed by atoms with Gasteiger partial charge in [-0.3, -0.25) is 4.79 Å². The Labute approximate surface area is 125 Å². The monoisotopic (exact) mass is 292 g/mol. The number of ether oxygens (including phenoxy) is 1. The number of carbonyl (C=O) groups is 1. The Morgan fingerprint density at radius 3 is 2.71 bits per heavy atom. The summed E-state index contributed by atoms with van der Waals surface area (Å²) in [6.07, 6.45) is 1.13. The summed E-state index contributed by atoms with van der Waals surface area (Å²) >= 11 is 0. The van der Waals surface area contributed by atoms with Gasteiger partial charge in [-0.25, -0.2) is 0 Å². The van der Waals surface area contributed by atoms with Gasteiger partial charge < -0.3 is 20.1 Å². The van der Waals surface area contributed by atoms with Gasteiger partial charge in [-0.05, 0) is 24.6 Å². The van der Waals surface area contributed by atoms with E-state index in [9.17, 15) is 9.90 Å². The van der Waals surface area contributed by atoms with Crippen molar-refractivity contribution < 1.29 is 14.6 Å². The summed E-state index contributed by atoms with van der Waals surface area (Å²) in [5, 5.41) is 13.6. The molecule has 1 fully saturated rings. The number of hydrogen-bond donors (Lipinski definition) is 2.